The molecule has 4 aromatic rings. The van der Waals surface area contributed by atoms with E-state index in [1.807, 2.05) is 26.1 Å². The molecule has 1 spiro atoms. The van der Waals surface area contributed by atoms with Gasteiger partial charge in [-0.25, -0.2) is 14.8 Å². The molecule has 1 aromatic carbocycles. The molecule has 2 aliphatic rings. The van der Waals surface area contributed by atoms with Gasteiger partial charge >= 0.3 is 5.69 Å². The monoisotopic (exact) mass is 587 g/mol. The highest BCUT2D eigenvalue weighted by atomic mass is 35.5. The van der Waals surface area contributed by atoms with Gasteiger partial charge in [0.1, 0.15) is 17.3 Å². The lowest BCUT2D eigenvalue weighted by atomic mass is 9.94. The number of hydrogen-bond donors (Lipinski definition) is 2. The van der Waals surface area contributed by atoms with Crippen LogP contribution in [0.25, 0.3) is 28.1 Å². The van der Waals surface area contributed by atoms with Crippen LogP contribution in [0, 0.1) is 6.92 Å². The Hall–Kier alpha value is -3.82. The van der Waals surface area contributed by atoms with Crippen LogP contribution in [-0.4, -0.2) is 67.4 Å². The Kier molecular flexibility index (Phi) is 7.27. The molecule has 0 radical (unpaired) electrons. The number of imidazole rings is 1. The first-order valence-electron chi connectivity index (χ1n) is 14.6. The number of rotatable bonds is 6. The van der Waals surface area contributed by atoms with Crippen molar-refractivity contribution in [2.45, 2.75) is 51.6 Å². The van der Waals surface area contributed by atoms with Crippen LogP contribution in [0.5, 0.6) is 5.75 Å². The molecule has 0 amide bonds. The topological polar surface area (TPSA) is 91.5 Å². The van der Waals surface area contributed by atoms with Crippen molar-refractivity contribution in [3.8, 4) is 33.8 Å². The maximum absolute atomic E-state index is 12.5. The summed E-state index contributed by atoms with van der Waals surface area (Å²) in [7, 11) is 3.59. The summed E-state index contributed by atoms with van der Waals surface area (Å²) in [6.45, 7) is 9.56. The second-order valence-electron chi connectivity index (χ2n) is 11.9. The normalized spacial score (nSPS) is 19.0. The first kappa shape index (κ1) is 28.3. The second-order valence-corrected chi connectivity index (χ2v) is 12.3. The van der Waals surface area contributed by atoms with Gasteiger partial charge in [-0.15, -0.1) is 0 Å². The number of aromatic nitrogens is 4. The lowest BCUT2D eigenvalue weighted by molar-refractivity contribution is 0.120. The van der Waals surface area contributed by atoms with Crippen molar-refractivity contribution in [1.82, 2.24) is 24.0 Å². The average Bonchev–Trinajstić information content (AvgIpc) is 3.69. The number of nitrogens with zero attached hydrogens (tertiary/aromatic N) is 6. The van der Waals surface area contributed by atoms with Crippen LogP contribution in [-0.2, 0) is 7.05 Å². The largest absolute Gasteiger partial charge is 0.505 e. The Morgan fingerprint density at radius 3 is 2.57 bits per heavy atom. The van der Waals surface area contributed by atoms with Crippen molar-refractivity contribution in [2.24, 2.45) is 7.05 Å². The predicted molar refractivity (Wildman–Crippen MR) is 169 cm³/mol. The Labute approximate surface area is 251 Å². The molecule has 9 nitrogen and oxygen atoms in total. The lowest BCUT2D eigenvalue weighted by Crippen LogP contribution is -2.49. The first-order valence-corrected chi connectivity index (χ1v) is 14.9. The highest BCUT2D eigenvalue weighted by Gasteiger charge is 2.47. The summed E-state index contributed by atoms with van der Waals surface area (Å²) in [5.41, 5.74) is 4.94. The summed E-state index contributed by atoms with van der Waals surface area (Å²) in [6, 6.07) is 9.88. The molecule has 2 aliphatic heterocycles. The summed E-state index contributed by atoms with van der Waals surface area (Å²) in [5, 5.41) is 15.2. The Morgan fingerprint density at radius 1 is 1.07 bits per heavy atom. The van der Waals surface area contributed by atoms with Gasteiger partial charge in [0.25, 0.3) is 0 Å². The van der Waals surface area contributed by atoms with E-state index in [1.165, 1.54) is 22.0 Å². The van der Waals surface area contributed by atoms with Crippen LogP contribution in [0.1, 0.15) is 38.8 Å². The van der Waals surface area contributed by atoms with Crippen molar-refractivity contribution in [1.29, 1.82) is 0 Å². The van der Waals surface area contributed by atoms with Crippen molar-refractivity contribution in [2.75, 3.05) is 36.9 Å². The number of benzene rings is 1. The molecule has 6 rings (SSSR count). The van der Waals surface area contributed by atoms with Gasteiger partial charge in [0.05, 0.1) is 16.4 Å². The molecule has 2 fully saturated rings. The summed E-state index contributed by atoms with van der Waals surface area (Å²) in [5.74, 6) is 0.877. The van der Waals surface area contributed by atoms with Crippen LogP contribution in [0.15, 0.2) is 53.7 Å². The van der Waals surface area contributed by atoms with Crippen LogP contribution in [0.4, 0.5) is 11.5 Å². The zero-order valence-corrected chi connectivity index (χ0v) is 25.6. The van der Waals surface area contributed by atoms with E-state index in [9.17, 15) is 9.90 Å². The van der Waals surface area contributed by atoms with Gasteiger partial charge in [-0.3, -0.25) is 9.47 Å². The zero-order chi connectivity index (χ0) is 29.8. The number of likely N-dealkylation sites (tertiary alicyclic amines) is 1. The highest BCUT2D eigenvalue weighted by molar-refractivity contribution is 6.32. The lowest BCUT2D eigenvalue weighted by Gasteiger charge is -2.38. The molecule has 5 heterocycles. The number of anilines is 2. The summed E-state index contributed by atoms with van der Waals surface area (Å²) >= 11 is 6.66. The molecule has 3 aromatic heterocycles. The molecule has 1 atom stereocenters. The van der Waals surface area contributed by atoms with Crippen LogP contribution >= 0.6 is 11.6 Å². The predicted octanol–water partition coefficient (Wildman–Crippen LogP) is 5.46. The standard InChI is InChI=1S/C32H38ClN7O2/c1-20(2)40-11-6-9-32(40)10-12-38(19-32)27-17-23(18-35-30(27)34-4)28-29(41)24(15-21(3)36-28)22-7-8-26(25(33)16-22)39-14-13-37(5)31(39)42/h7-8,13-18,20,41H,6,9-12,19H2,1-5H3,(H,34,35). The highest BCUT2D eigenvalue weighted by Crippen LogP contribution is 2.44. The van der Waals surface area contributed by atoms with E-state index in [1.54, 1.807) is 37.8 Å². The fourth-order valence-electron chi connectivity index (χ4n) is 6.89. The summed E-state index contributed by atoms with van der Waals surface area (Å²) in [6.07, 6.45) is 8.72. The second kappa shape index (κ2) is 10.8. The molecular weight excluding hydrogens is 550 g/mol. The van der Waals surface area contributed by atoms with Gasteiger partial charge in [0, 0.05) is 74.2 Å². The number of hydrogen-bond acceptors (Lipinski definition) is 7. The number of nitrogens with one attached hydrogen (secondary N) is 1. The van der Waals surface area contributed by atoms with Crippen molar-refractivity contribution >= 4 is 23.1 Å². The fourth-order valence-corrected chi connectivity index (χ4v) is 7.16. The minimum absolute atomic E-state index is 0.0610. The maximum Gasteiger partial charge on any atom is 0.332 e. The van der Waals surface area contributed by atoms with Gasteiger partial charge in [0.2, 0.25) is 0 Å². The van der Waals surface area contributed by atoms with Crippen molar-refractivity contribution in [3.63, 3.8) is 0 Å². The molecule has 220 valence electrons. The third-order valence-electron chi connectivity index (χ3n) is 8.91. The van der Waals surface area contributed by atoms with Crippen LogP contribution in [0.2, 0.25) is 5.02 Å². The molecule has 1 unspecified atom stereocenters. The number of aromatic hydroxyl groups is 1. The number of aryl methyl sites for hydroxylation is 2. The van der Waals surface area contributed by atoms with E-state index < -0.39 is 0 Å². The Balaban J connectivity index is 1.37. The Bertz CT molecular complexity index is 1710. The van der Waals surface area contributed by atoms with Gasteiger partial charge in [-0.1, -0.05) is 17.7 Å². The summed E-state index contributed by atoms with van der Waals surface area (Å²) < 4.78 is 2.99. The minimum Gasteiger partial charge on any atom is -0.505 e. The number of halogens is 1. The third kappa shape index (κ3) is 4.74. The SMILES string of the molecule is CNc1ncc(-c2nc(C)cc(-c3ccc(-n4ccn(C)c4=O)c(Cl)c3)c2O)cc1N1CCC2(CCCN2C(C)C)C1. The molecule has 2 saturated heterocycles. The van der Waals surface area contributed by atoms with E-state index in [-0.39, 0.29) is 17.0 Å². The van der Waals surface area contributed by atoms with E-state index in [0.29, 0.717) is 28.0 Å². The van der Waals surface area contributed by atoms with Crippen LogP contribution < -0.4 is 15.9 Å². The first-order chi connectivity index (χ1) is 20.1. The molecule has 42 heavy (non-hydrogen) atoms. The van der Waals surface area contributed by atoms with Gasteiger partial charge in [-0.05, 0) is 76.4 Å². The fraction of sp³-hybridized carbons (Fsp3) is 0.406. The molecule has 0 aliphatic carbocycles. The number of pyridine rings is 2. The smallest absolute Gasteiger partial charge is 0.332 e. The van der Waals surface area contributed by atoms with E-state index >= 15 is 0 Å². The molecule has 10 heteroatoms. The Morgan fingerprint density at radius 2 is 1.88 bits per heavy atom. The minimum atomic E-state index is -0.184. The molecule has 2 N–H and O–H groups in total. The van der Waals surface area contributed by atoms with Gasteiger partial charge in [0.15, 0.2) is 0 Å². The molecule has 0 bridgehead atoms. The quantitative estimate of drug-likeness (QED) is 0.309. The van der Waals surface area contributed by atoms with Crippen molar-refractivity contribution in [3.05, 3.63) is 70.1 Å². The van der Waals surface area contributed by atoms with Gasteiger partial charge < -0.3 is 19.9 Å². The third-order valence-corrected chi connectivity index (χ3v) is 9.21. The zero-order valence-electron chi connectivity index (χ0n) is 24.9. The molecular formula is C32H38ClN7O2. The average molecular weight is 588 g/mol. The maximum atomic E-state index is 12.5. The van der Waals surface area contributed by atoms with Crippen LogP contribution in [0.3, 0.4) is 0 Å². The molecule has 0 saturated carbocycles. The van der Waals surface area contributed by atoms with E-state index in [2.05, 4.69) is 35.0 Å². The van der Waals surface area contributed by atoms with E-state index in [0.717, 1.165) is 54.4 Å². The van der Waals surface area contributed by atoms with E-state index in [4.69, 9.17) is 21.6 Å². The summed E-state index contributed by atoms with van der Waals surface area (Å²) in [4.78, 5) is 27.1. The van der Waals surface area contributed by atoms with Crippen molar-refractivity contribution < 1.29 is 5.11 Å². The van der Waals surface area contributed by atoms with Gasteiger partial charge in [-0.2, -0.15) is 0 Å².